The molecule has 1 aromatic carbocycles. The Morgan fingerprint density at radius 2 is 1.79 bits per heavy atom. The minimum absolute atomic E-state index is 0.0339. The molecule has 0 saturated carbocycles. The second-order valence-electron chi connectivity index (χ2n) is 7.76. The average molecular weight is 495 g/mol. The highest BCUT2D eigenvalue weighted by Gasteiger charge is 2.25. The van der Waals surface area contributed by atoms with Gasteiger partial charge < -0.3 is 0 Å². The number of benzene rings is 1. The fourth-order valence-corrected chi connectivity index (χ4v) is 5.45. The van der Waals surface area contributed by atoms with E-state index in [-0.39, 0.29) is 10.0 Å². The van der Waals surface area contributed by atoms with Crippen molar-refractivity contribution in [3.05, 3.63) is 66.1 Å². The SMILES string of the molecule is Cc1nn(C)c(Cl)c1S(=O)(=O)Nc1cncc(-c2ccc3ncc(-c4cnn(C)c4)nc3c2)c1. The normalized spacial score (nSPS) is 11.8. The van der Waals surface area contributed by atoms with E-state index >= 15 is 0 Å². The number of hydrogen-bond acceptors (Lipinski definition) is 7. The maximum atomic E-state index is 13.0. The number of hydrogen-bond donors (Lipinski definition) is 1. The van der Waals surface area contributed by atoms with Crippen LogP contribution in [-0.2, 0) is 24.1 Å². The van der Waals surface area contributed by atoms with Gasteiger partial charge in [0, 0.05) is 37.6 Å². The lowest BCUT2D eigenvalue weighted by Crippen LogP contribution is -2.14. The van der Waals surface area contributed by atoms with Crippen LogP contribution >= 0.6 is 11.6 Å². The summed E-state index contributed by atoms with van der Waals surface area (Å²) in [7, 11) is -0.534. The minimum Gasteiger partial charge on any atom is -0.278 e. The van der Waals surface area contributed by atoms with Gasteiger partial charge in [0.15, 0.2) is 0 Å². The van der Waals surface area contributed by atoms with Crippen molar-refractivity contribution in [3.8, 4) is 22.4 Å². The zero-order chi connectivity index (χ0) is 24.0. The summed E-state index contributed by atoms with van der Waals surface area (Å²) in [6, 6.07) is 7.34. The molecule has 0 unspecified atom stereocenters. The van der Waals surface area contributed by atoms with E-state index in [1.54, 1.807) is 43.3 Å². The Hall–Kier alpha value is -3.83. The van der Waals surface area contributed by atoms with Crippen molar-refractivity contribution in [2.75, 3.05) is 4.72 Å². The molecule has 5 aromatic rings. The van der Waals surface area contributed by atoms with E-state index < -0.39 is 10.0 Å². The van der Waals surface area contributed by atoms with Crippen molar-refractivity contribution < 1.29 is 8.42 Å². The molecular formula is C22H19ClN8O2S. The van der Waals surface area contributed by atoms with Gasteiger partial charge in [-0.05, 0) is 30.7 Å². The van der Waals surface area contributed by atoms with Crippen molar-refractivity contribution in [2.45, 2.75) is 11.8 Å². The fraction of sp³-hybridized carbons (Fsp3) is 0.136. The van der Waals surface area contributed by atoms with Crippen molar-refractivity contribution >= 4 is 38.3 Å². The third-order valence-corrected chi connectivity index (χ3v) is 7.31. The molecule has 172 valence electrons. The predicted octanol–water partition coefficient (Wildman–Crippen LogP) is 3.59. The van der Waals surface area contributed by atoms with Crippen LogP contribution in [0.3, 0.4) is 0 Å². The minimum atomic E-state index is -3.96. The van der Waals surface area contributed by atoms with Crippen molar-refractivity contribution in [2.24, 2.45) is 14.1 Å². The average Bonchev–Trinajstić information content (AvgIpc) is 3.35. The second-order valence-corrected chi connectivity index (χ2v) is 9.74. The lowest BCUT2D eigenvalue weighted by molar-refractivity contribution is 0.600. The molecule has 10 nitrogen and oxygen atoms in total. The van der Waals surface area contributed by atoms with E-state index in [0.29, 0.717) is 28.2 Å². The first-order valence-corrected chi connectivity index (χ1v) is 12.0. The van der Waals surface area contributed by atoms with Crippen LogP contribution in [0.2, 0.25) is 5.15 Å². The molecule has 0 radical (unpaired) electrons. The molecule has 0 amide bonds. The lowest BCUT2D eigenvalue weighted by atomic mass is 10.1. The Morgan fingerprint density at radius 1 is 0.971 bits per heavy atom. The number of aromatic nitrogens is 7. The van der Waals surface area contributed by atoms with Crippen LogP contribution in [0.1, 0.15) is 5.69 Å². The first kappa shape index (κ1) is 22.0. The summed E-state index contributed by atoms with van der Waals surface area (Å²) in [4.78, 5) is 13.4. The summed E-state index contributed by atoms with van der Waals surface area (Å²) in [6.45, 7) is 1.59. The molecular weight excluding hydrogens is 476 g/mol. The number of fused-ring (bicyclic) bond motifs is 1. The summed E-state index contributed by atoms with van der Waals surface area (Å²) in [5, 5.41) is 8.29. The molecule has 0 bridgehead atoms. The maximum absolute atomic E-state index is 13.0. The molecule has 0 atom stereocenters. The zero-order valence-electron chi connectivity index (χ0n) is 18.4. The van der Waals surface area contributed by atoms with Crippen LogP contribution in [0, 0.1) is 6.92 Å². The van der Waals surface area contributed by atoms with E-state index in [1.807, 2.05) is 31.4 Å². The Kier molecular flexibility index (Phi) is 5.29. The van der Waals surface area contributed by atoms with E-state index in [0.717, 1.165) is 16.6 Å². The molecule has 34 heavy (non-hydrogen) atoms. The van der Waals surface area contributed by atoms with Gasteiger partial charge in [0.05, 0.1) is 46.7 Å². The van der Waals surface area contributed by atoms with Crippen molar-refractivity contribution in [1.29, 1.82) is 0 Å². The van der Waals surface area contributed by atoms with Crippen LogP contribution in [0.4, 0.5) is 5.69 Å². The number of nitrogens with zero attached hydrogens (tertiary/aromatic N) is 7. The van der Waals surface area contributed by atoms with Crippen LogP contribution in [0.15, 0.2) is 60.1 Å². The third-order valence-electron chi connectivity index (χ3n) is 5.24. The highest BCUT2D eigenvalue weighted by Crippen LogP contribution is 2.29. The maximum Gasteiger partial charge on any atom is 0.266 e. The number of aryl methyl sites for hydroxylation is 3. The first-order valence-electron chi connectivity index (χ1n) is 10.1. The molecule has 0 fully saturated rings. The largest absolute Gasteiger partial charge is 0.278 e. The Balaban J connectivity index is 1.49. The van der Waals surface area contributed by atoms with Gasteiger partial charge in [0.25, 0.3) is 10.0 Å². The number of rotatable bonds is 5. The Bertz CT molecular complexity index is 1660. The predicted molar refractivity (Wildman–Crippen MR) is 129 cm³/mol. The van der Waals surface area contributed by atoms with Gasteiger partial charge in [-0.3, -0.25) is 24.1 Å². The van der Waals surface area contributed by atoms with Crippen LogP contribution < -0.4 is 4.72 Å². The molecule has 12 heteroatoms. The summed E-state index contributed by atoms with van der Waals surface area (Å²) in [6.07, 6.45) is 8.40. The van der Waals surface area contributed by atoms with Gasteiger partial charge >= 0.3 is 0 Å². The summed E-state index contributed by atoms with van der Waals surface area (Å²) >= 11 is 6.15. The van der Waals surface area contributed by atoms with Gasteiger partial charge in [-0.15, -0.1) is 0 Å². The van der Waals surface area contributed by atoms with E-state index in [9.17, 15) is 8.42 Å². The van der Waals surface area contributed by atoms with Crippen LogP contribution in [0.25, 0.3) is 33.4 Å². The zero-order valence-corrected chi connectivity index (χ0v) is 20.0. The van der Waals surface area contributed by atoms with Crippen molar-refractivity contribution in [3.63, 3.8) is 0 Å². The molecule has 0 aliphatic carbocycles. The fourth-order valence-electron chi connectivity index (χ4n) is 3.66. The molecule has 0 aliphatic rings. The standard InChI is InChI=1S/C22H19ClN8O2S/c1-13-21(22(23)31(3)28-13)34(32,33)29-17-6-15(8-24-10-17)14-4-5-18-19(7-14)27-20(11-25-18)16-9-26-30(2)12-16/h4-12,29H,1-3H3. The quantitative estimate of drug-likeness (QED) is 0.396. The summed E-state index contributed by atoms with van der Waals surface area (Å²) in [5.41, 5.74) is 5.14. The van der Waals surface area contributed by atoms with Crippen LogP contribution in [-0.4, -0.2) is 42.9 Å². The summed E-state index contributed by atoms with van der Waals surface area (Å²) in [5.74, 6) is 0. The lowest BCUT2D eigenvalue weighted by Gasteiger charge is -2.10. The third kappa shape index (κ3) is 3.99. The molecule has 0 aliphatic heterocycles. The highest BCUT2D eigenvalue weighted by atomic mass is 35.5. The number of halogens is 1. The van der Waals surface area contributed by atoms with Gasteiger partial charge in [-0.1, -0.05) is 17.7 Å². The van der Waals surface area contributed by atoms with Crippen molar-refractivity contribution in [1.82, 2.24) is 34.5 Å². The molecule has 5 rings (SSSR count). The molecule has 4 heterocycles. The monoisotopic (exact) mass is 494 g/mol. The Labute approximate surface area is 200 Å². The highest BCUT2D eigenvalue weighted by molar-refractivity contribution is 7.92. The van der Waals surface area contributed by atoms with Gasteiger partial charge in [0.1, 0.15) is 10.0 Å². The van der Waals surface area contributed by atoms with Gasteiger partial charge in [-0.2, -0.15) is 10.2 Å². The Morgan fingerprint density at radius 3 is 2.50 bits per heavy atom. The number of sulfonamides is 1. The second kappa shape index (κ2) is 8.19. The van der Waals surface area contributed by atoms with Gasteiger partial charge in [0.2, 0.25) is 0 Å². The molecule has 4 aromatic heterocycles. The van der Waals surface area contributed by atoms with Crippen LogP contribution in [0.5, 0.6) is 0 Å². The molecule has 0 spiro atoms. The molecule has 1 N–H and O–H groups in total. The molecule has 0 saturated heterocycles. The first-order chi connectivity index (χ1) is 16.2. The van der Waals surface area contributed by atoms with E-state index in [2.05, 4.69) is 24.9 Å². The number of pyridine rings is 1. The smallest absolute Gasteiger partial charge is 0.266 e. The number of nitrogens with one attached hydrogen (secondary N) is 1. The number of anilines is 1. The van der Waals surface area contributed by atoms with E-state index in [4.69, 9.17) is 16.6 Å². The summed E-state index contributed by atoms with van der Waals surface area (Å²) < 4.78 is 31.5. The topological polar surface area (TPSA) is 120 Å². The van der Waals surface area contributed by atoms with E-state index in [1.165, 1.54) is 10.9 Å². The van der Waals surface area contributed by atoms with Gasteiger partial charge in [-0.25, -0.2) is 13.4 Å².